The van der Waals surface area contributed by atoms with Gasteiger partial charge in [0, 0.05) is 19.5 Å². The van der Waals surface area contributed by atoms with Crippen LogP contribution in [-0.4, -0.2) is 45.5 Å². The molecule has 3 N–H and O–H groups in total. The molecule has 0 amide bonds. The summed E-state index contributed by atoms with van der Waals surface area (Å²) in [6.45, 7) is -0.135. The van der Waals surface area contributed by atoms with Gasteiger partial charge in [0.1, 0.15) is 5.75 Å². The van der Waals surface area contributed by atoms with E-state index in [0.29, 0.717) is 11.7 Å². The van der Waals surface area contributed by atoms with Crippen molar-refractivity contribution >= 4 is 17.3 Å². The van der Waals surface area contributed by atoms with Crippen molar-refractivity contribution in [3.63, 3.8) is 0 Å². The molecule has 0 unspecified atom stereocenters. The summed E-state index contributed by atoms with van der Waals surface area (Å²) in [4.78, 5) is 1.42. The minimum atomic E-state index is -2.79. The van der Waals surface area contributed by atoms with Crippen LogP contribution in [0.4, 0.5) is 8.78 Å². The van der Waals surface area contributed by atoms with E-state index < -0.39 is 6.61 Å². The molecular formula is C15H24F2N3OS+. The fourth-order valence-corrected chi connectivity index (χ4v) is 2.07. The minimum Gasteiger partial charge on any atom is -0.435 e. The summed E-state index contributed by atoms with van der Waals surface area (Å²) in [5.74, 6) is 0.173. The molecule has 0 saturated carbocycles. The molecule has 0 radical (unpaired) electrons. The van der Waals surface area contributed by atoms with E-state index in [1.54, 1.807) is 24.3 Å². The summed E-state index contributed by atoms with van der Waals surface area (Å²) in [5, 5.41) is 6.93. The Labute approximate surface area is 135 Å². The van der Waals surface area contributed by atoms with E-state index in [-0.39, 0.29) is 5.75 Å². The molecule has 0 aliphatic heterocycles. The Morgan fingerprint density at radius 1 is 1.18 bits per heavy atom. The first-order chi connectivity index (χ1) is 10.5. The average molecular weight is 332 g/mol. The van der Waals surface area contributed by atoms with Crippen LogP contribution in [-0.2, 0) is 6.42 Å². The summed E-state index contributed by atoms with van der Waals surface area (Å²) in [7, 11) is 4.24. The number of benzene rings is 1. The molecule has 0 aromatic heterocycles. The zero-order chi connectivity index (χ0) is 16.4. The van der Waals surface area contributed by atoms with Gasteiger partial charge in [-0.25, -0.2) is 0 Å². The Kier molecular flexibility index (Phi) is 8.69. The highest BCUT2D eigenvalue weighted by atomic mass is 32.1. The third kappa shape index (κ3) is 8.74. The summed E-state index contributed by atoms with van der Waals surface area (Å²) in [6.07, 6.45) is 1.83. The van der Waals surface area contributed by atoms with E-state index in [4.69, 9.17) is 12.2 Å². The van der Waals surface area contributed by atoms with E-state index in [0.717, 1.165) is 31.5 Å². The van der Waals surface area contributed by atoms with E-state index in [9.17, 15) is 8.78 Å². The maximum atomic E-state index is 12.0. The second kappa shape index (κ2) is 10.3. The number of rotatable bonds is 9. The zero-order valence-corrected chi connectivity index (χ0v) is 13.8. The van der Waals surface area contributed by atoms with Crippen LogP contribution in [0.2, 0.25) is 0 Å². The number of hydrogen-bond donors (Lipinski definition) is 3. The maximum Gasteiger partial charge on any atom is 0.387 e. The molecule has 0 atom stereocenters. The second-order valence-electron chi connectivity index (χ2n) is 5.27. The predicted octanol–water partition coefficient (Wildman–Crippen LogP) is 0.829. The lowest BCUT2D eigenvalue weighted by molar-refractivity contribution is -0.858. The van der Waals surface area contributed by atoms with Gasteiger partial charge in [-0.15, -0.1) is 0 Å². The van der Waals surface area contributed by atoms with Crippen molar-refractivity contribution in [2.75, 3.05) is 33.7 Å². The summed E-state index contributed by atoms with van der Waals surface area (Å²) >= 11 is 5.18. The fourth-order valence-electron chi connectivity index (χ4n) is 1.86. The van der Waals surface area contributed by atoms with Gasteiger partial charge < -0.3 is 20.3 Å². The smallest absolute Gasteiger partial charge is 0.387 e. The van der Waals surface area contributed by atoms with Gasteiger partial charge in [0.25, 0.3) is 0 Å². The highest BCUT2D eigenvalue weighted by Gasteiger charge is 2.03. The number of alkyl halides is 2. The minimum absolute atomic E-state index is 0.173. The van der Waals surface area contributed by atoms with Gasteiger partial charge in [0.15, 0.2) is 5.11 Å². The lowest BCUT2D eigenvalue weighted by Crippen LogP contribution is -3.05. The molecule has 4 nitrogen and oxygen atoms in total. The molecule has 0 bridgehead atoms. The van der Waals surface area contributed by atoms with Crippen molar-refractivity contribution < 1.29 is 18.4 Å². The maximum absolute atomic E-state index is 12.0. The Morgan fingerprint density at radius 3 is 2.41 bits per heavy atom. The molecule has 0 aliphatic carbocycles. The molecule has 1 rings (SSSR count). The van der Waals surface area contributed by atoms with E-state index >= 15 is 0 Å². The third-order valence-electron chi connectivity index (χ3n) is 2.99. The molecule has 22 heavy (non-hydrogen) atoms. The molecule has 0 aliphatic rings. The van der Waals surface area contributed by atoms with Crippen molar-refractivity contribution in [1.29, 1.82) is 0 Å². The fraction of sp³-hybridized carbons (Fsp3) is 0.533. The van der Waals surface area contributed by atoms with Gasteiger partial charge >= 0.3 is 6.61 Å². The van der Waals surface area contributed by atoms with Crippen LogP contribution in [0.15, 0.2) is 24.3 Å². The highest BCUT2D eigenvalue weighted by molar-refractivity contribution is 7.80. The summed E-state index contributed by atoms with van der Waals surface area (Å²) in [5.41, 5.74) is 1.04. The van der Waals surface area contributed by atoms with Crippen molar-refractivity contribution in [1.82, 2.24) is 10.6 Å². The van der Waals surface area contributed by atoms with Gasteiger partial charge in [0.2, 0.25) is 0 Å². The monoisotopic (exact) mass is 332 g/mol. The number of nitrogens with one attached hydrogen (secondary N) is 3. The molecule has 0 spiro atoms. The average Bonchev–Trinajstić information content (AvgIpc) is 2.45. The van der Waals surface area contributed by atoms with Crippen LogP contribution < -0.4 is 20.3 Å². The van der Waals surface area contributed by atoms with E-state index in [2.05, 4.69) is 29.5 Å². The number of halogens is 2. The largest absolute Gasteiger partial charge is 0.435 e. The van der Waals surface area contributed by atoms with Gasteiger partial charge in [-0.05, 0) is 36.3 Å². The predicted molar refractivity (Wildman–Crippen MR) is 87.7 cm³/mol. The standard InChI is InChI=1S/C15H23F2N3OS/c1-20(2)11-3-9-18-15(22)19-10-8-12-4-6-13(7-5-12)21-14(16)17/h4-7,14H,3,8-11H2,1-2H3,(H2,18,19,22)/p+1. The normalized spacial score (nSPS) is 10.8. The number of ether oxygens (including phenoxy) is 1. The van der Waals surface area contributed by atoms with Gasteiger partial charge in [-0.1, -0.05) is 12.1 Å². The molecule has 1 aromatic rings. The quantitative estimate of drug-likeness (QED) is 0.463. The van der Waals surface area contributed by atoms with Crippen LogP contribution in [0, 0.1) is 0 Å². The molecule has 0 saturated heterocycles. The second-order valence-corrected chi connectivity index (χ2v) is 5.67. The van der Waals surface area contributed by atoms with Crippen molar-refractivity contribution in [2.24, 2.45) is 0 Å². The molecule has 7 heteroatoms. The Balaban J connectivity index is 2.16. The lowest BCUT2D eigenvalue weighted by Gasteiger charge is -2.11. The number of thiocarbonyl (C=S) groups is 1. The summed E-state index contributed by atoms with van der Waals surface area (Å²) in [6, 6.07) is 6.63. The first kappa shape index (κ1) is 18.6. The van der Waals surface area contributed by atoms with Crippen LogP contribution >= 0.6 is 12.2 Å². The Hall–Kier alpha value is -1.47. The Bertz CT molecular complexity index is 441. The molecule has 124 valence electrons. The molecular weight excluding hydrogens is 308 g/mol. The van der Waals surface area contributed by atoms with Crippen LogP contribution in [0.1, 0.15) is 12.0 Å². The van der Waals surface area contributed by atoms with Crippen LogP contribution in [0.3, 0.4) is 0 Å². The van der Waals surface area contributed by atoms with Gasteiger partial charge in [-0.2, -0.15) is 8.78 Å². The van der Waals surface area contributed by atoms with Crippen molar-refractivity contribution in [2.45, 2.75) is 19.5 Å². The molecule has 0 fully saturated rings. The van der Waals surface area contributed by atoms with Gasteiger partial charge in [-0.3, -0.25) is 0 Å². The first-order valence-corrected chi connectivity index (χ1v) is 7.72. The molecule has 1 aromatic carbocycles. The van der Waals surface area contributed by atoms with Crippen LogP contribution in [0.5, 0.6) is 5.75 Å². The van der Waals surface area contributed by atoms with Crippen LogP contribution in [0.25, 0.3) is 0 Å². The summed E-state index contributed by atoms with van der Waals surface area (Å²) < 4.78 is 28.4. The third-order valence-corrected chi connectivity index (χ3v) is 3.28. The van der Waals surface area contributed by atoms with Crippen molar-refractivity contribution in [3.05, 3.63) is 29.8 Å². The number of hydrogen-bond acceptors (Lipinski definition) is 2. The van der Waals surface area contributed by atoms with Gasteiger partial charge in [0.05, 0.1) is 20.6 Å². The van der Waals surface area contributed by atoms with E-state index in [1.165, 1.54) is 4.90 Å². The molecule has 0 heterocycles. The topological polar surface area (TPSA) is 37.7 Å². The lowest BCUT2D eigenvalue weighted by atomic mass is 10.1. The van der Waals surface area contributed by atoms with Crippen molar-refractivity contribution in [3.8, 4) is 5.75 Å². The zero-order valence-electron chi connectivity index (χ0n) is 13.0. The SMILES string of the molecule is C[NH+](C)CCCNC(=S)NCCc1ccc(OC(F)F)cc1. The highest BCUT2D eigenvalue weighted by Crippen LogP contribution is 2.14. The first-order valence-electron chi connectivity index (χ1n) is 7.32. The Morgan fingerprint density at radius 2 is 1.82 bits per heavy atom. The number of quaternary nitrogens is 1. The van der Waals surface area contributed by atoms with E-state index in [1.807, 2.05) is 0 Å².